The summed E-state index contributed by atoms with van der Waals surface area (Å²) in [6.45, 7) is 15.0. The van der Waals surface area contributed by atoms with E-state index < -0.39 is 41.1 Å². The summed E-state index contributed by atoms with van der Waals surface area (Å²) in [5.41, 5.74) is 5.41. The number of rotatable bonds is 11. The minimum Gasteiger partial charge on any atom is -0.444 e. The predicted octanol–water partition coefficient (Wildman–Crippen LogP) is 3.74. The van der Waals surface area contributed by atoms with E-state index in [4.69, 9.17) is 10.5 Å². The highest BCUT2D eigenvalue weighted by Crippen LogP contribution is 2.31. The molecule has 0 heterocycles. The summed E-state index contributed by atoms with van der Waals surface area (Å²) in [7, 11) is 0. The van der Waals surface area contributed by atoms with E-state index in [1.165, 1.54) is 4.90 Å². The van der Waals surface area contributed by atoms with E-state index in [9.17, 15) is 19.2 Å². The SMILES string of the molecule is CCCCNC(=O)C(c1ccc(C)cc1)N(C(=O)C(CCC(N)=O)NC(=O)OC(C)(C)C)C(C)(C)C. The van der Waals surface area contributed by atoms with Crippen LogP contribution in [0.2, 0.25) is 0 Å². The van der Waals surface area contributed by atoms with Crippen LogP contribution in [0, 0.1) is 6.92 Å². The minimum absolute atomic E-state index is 0.0297. The number of benzene rings is 1. The van der Waals surface area contributed by atoms with Crippen LogP contribution in [0.1, 0.15) is 91.3 Å². The van der Waals surface area contributed by atoms with Crippen LogP contribution in [0.4, 0.5) is 4.79 Å². The molecule has 0 aliphatic rings. The third-order valence-electron chi connectivity index (χ3n) is 5.36. The van der Waals surface area contributed by atoms with Gasteiger partial charge in [-0.3, -0.25) is 14.4 Å². The first-order valence-electron chi connectivity index (χ1n) is 12.5. The van der Waals surface area contributed by atoms with Crippen LogP contribution >= 0.6 is 0 Å². The Bertz CT molecular complexity index is 900. The third-order valence-corrected chi connectivity index (χ3v) is 5.36. The van der Waals surface area contributed by atoms with E-state index in [-0.39, 0.29) is 18.7 Å². The molecular weight excluding hydrogens is 460 g/mol. The quantitative estimate of drug-likeness (QED) is 0.395. The molecule has 2 atom stereocenters. The molecular formula is C27H44N4O5. The summed E-state index contributed by atoms with van der Waals surface area (Å²) in [6, 6.07) is 5.35. The number of alkyl carbamates (subject to hydrolysis) is 1. The molecule has 0 aromatic heterocycles. The molecule has 0 saturated carbocycles. The fraction of sp³-hybridized carbons (Fsp3) is 0.630. The standard InChI is InChI=1S/C27H44N4O5/c1-9-10-17-29-23(33)22(19-13-11-18(2)12-14-19)31(26(3,4)5)24(34)20(15-16-21(28)32)30-25(35)36-27(6,7)8/h11-14,20,22H,9-10,15-17H2,1-8H3,(H2,28,32)(H,29,33)(H,30,35). The van der Waals surface area contributed by atoms with Crippen molar-refractivity contribution in [2.45, 2.75) is 104 Å². The second-order valence-corrected chi connectivity index (χ2v) is 11.0. The smallest absolute Gasteiger partial charge is 0.408 e. The van der Waals surface area contributed by atoms with Crippen molar-refractivity contribution in [1.29, 1.82) is 0 Å². The number of unbranched alkanes of at least 4 members (excludes halogenated alkanes) is 1. The summed E-state index contributed by atoms with van der Waals surface area (Å²) in [5, 5.41) is 5.54. The Balaban J connectivity index is 3.50. The Hall–Kier alpha value is -3.10. The van der Waals surface area contributed by atoms with E-state index in [0.717, 1.165) is 18.4 Å². The zero-order valence-electron chi connectivity index (χ0n) is 23.1. The van der Waals surface area contributed by atoms with Gasteiger partial charge in [0.15, 0.2) is 0 Å². The van der Waals surface area contributed by atoms with E-state index in [0.29, 0.717) is 12.1 Å². The molecule has 36 heavy (non-hydrogen) atoms. The van der Waals surface area contributed by atoms with Gasteiger partial charge in [-0.1, -0.05) is 43.2 Å². The van der Waals surface area contributed by atoms with Crippen LogP contribution in [-0.4, -0.2) is 52.4 Å². The van der Waals surface area contributed by atoms with Crippen molar-refractivity contribution in [1.82, 2.24) is 15.5 Å². The first-order valence-corrected chi connectivity index (χ1v) is 12.5. The number of aryl methyl sites for hydroxylation is 1. The van der Waals surface area contributed by atoms with Crippen molar-refractivity contribution in [3.63, 3.8) is 0 Å². The number of hydrogen-bond donors (Lipinski definition) is 3. The molecule has 0 spiro atoms. The molecule has 9 heteroatoms. The maximum Gasteiger partial charge on any atom is 0.408 e. The van der Waals surface area contributed by atoms with Gasteiger partial charge in [0, 0.05) is 18.5 Å². The Morgan fingerprint density at radius 2 is 1.61 bits per heavy atom. The van der Waals surface area contributed by atoms with Crippen molar-refractivity contribution in [3.05, 3.63) is 35.4 Å². The molecule has 4 N–H and O–H groups in total. The lowest BCUT2D eigenvalue weighted by atomic mass is 9.94. The largest absolute Gasteiger partial charge is 0.444 e. The number of ether oxygens (including phenoxy) is 1. The fourth-order valence-corrected chi connectivity index (χ4v) is 3.66. The number of nitrogens with two attached hydrogens (primary N) is 1. The van der Waals surface area contributed by atoms with Crippen LogP contribution < -0.4 is 16.4 Å². The monoisotopic (exact) mass is 504 g/mol. The molecule has 0 bridgehead atoms. The minimum atomic E-state index is -1.12. The lowest BCUT2D eigenvalue weighted by Crippen LogP contribution is -2.58. The summed E-state index contributed by atoms with van der Waals surface area (Å²) >= 11 is 0. The maximum atomic E-state index is 14.0. The van der Waals surface area contributed by atoms with Gasteiger partial charge < -0.3 is 26.0 Å². The summed E-state index contributed by atoms with van der Waals surface area (Å²) in [5.74, 6) is -1.43. The van der Waals surface area contributed by atoms with Gasteiger partial charge in [0.25, 0.3) is 0 Å². The van der Waals surface area contributed by atoms with Crippen LogP contribution in [-0.2, 0) is 19.1 Å². The molecule has 202 valence electrons. The van der Waals surface area contributed by atoms with E-state index >= 15 is 0 Å². The number of amides is 4. The molecule has 0 aliphatic carbocycles. The molecule has 1 aromatic carbocycles. The topological polar surface area (TPSA) is 131 Å². The number of carbonyl (C=O) groups is 4. The van der Waals surface area contributed by atoms with Gasteiger partial charge in [0.1, 0.15) is 17.7 Å². The number of nitrogens with zero attached hydrogens (tertiary/aromatic N) is 1. The van der Waals surface area contributed by atoms with Gasteiger partial charge in [-0.2, -0.15) is 0 Å². The summed E-state index contributed by atoms with van der Waals surface area (Å²) in [6.07, 6.45) is 0.766. The van der Waals surface area contributed by atoms with Gasteiger partial charge in [0.05, 0.1) is 0 Å². The van der Waals surface area contributed by atoms with E-state index in [2.05, 4.69) is 10.6 Å². The fourth-order valence-electron chi connectivity index (χ4n) is 3.66. The summed E-state index contributed by atoms with van der Waals surface area (Å²) < 4.78 is 5.35. The van der Waals surface area contributed by atoms with Crippen LogP contribution in [0.15, 0.2) is 24.3 Å². The lowest BCUT2D eigenvalue weighted by molar-refractivity contribution is -0.148. The molecule has 0 saturated heterocycles. The highest BCUT2D eigenvalue weighted by Gasteiger charge is 2.41. The predicted molar refractivity (Wildman–Crippen MR) is 140 cm³/mol. The normalized spacial score (nSPS) is 13.3. The molecule has 0 aliphatic heterocycles. The Morgan fingerprint density at radius 1 is 1.03 bits per heavy atom. The average molecular weight is 505 g/mol. The Morgan fingerprint density at radius 3 is 2.08 bits per heavy atom. The number of primary amides is 1. The third kappa shape index (κ3) is 10.3. The van der Waals surface area contributed by atoms with Crippen molar-refractivity contribution in [2.24, 2.45) is 5.73 Å². The molecule has 2 unspecified atom stereocenters. The van der Waals surface area contributed by atoms with Gasteiger partial charge in [-0.15, -0.1) is 0 Å². The zero-order chi connectivity index (χ0) is 27.7. The molecule has 4 amide bonds. The van der Waals surface area contributed by atoms with Gasteiger partial charge >= 0.3 is 6.09 Å². The second-order valence-electron chi connectivity index (χ2n) is 11.0. The molecule has 0 fully saturated rings. The number of carbonyl (C=O) groups excluding carboxylic acids is 4. The van der Waals surface area contributed by atoms with E-state index in [1.54, 1.807) is 20.8 Å². The molecule has 1 aromatic rings. The molecule has 9 nitrogen and oxygen atoms in total. The van der Waals surface area contributed by atoms with Gasteiger partial charge in [0.2, 0.25) is 17.7 Å². The zero-order valence-corrected chi connectivity index (χ0v) is 23.1. The van der Waals surface area contributed by atoms with E-state index in [1.807, 2.05) is 58.9 Å². The van der Waals surface area contributed by atoms with Crippen LogP contribution in [0.5, 0.6) is 0 Å². The average Bonchev–Trinajstić information content (AvgIpc) is 2.73. The van der Waals surface area contributed by atoms with Gasteiger partial charge in [-0.05, 0) is 66.9 Å². The Kier molecular flexibility index (Phi) is 11.4. The van der Waals surface area contributed by atoms with Gasteiger partial charge in [-0.25, -0.2) is 4.79 Å². The van der Waals surface area contributed by atoms with Crippen LogP contribution in [0.25, 0.3) is 0 Å². The highest BCUT2D eigenvalue weighted by molar-refractivity contribution is 5.93. The van der Waals surface area contributed by atoms with Crippen molar-refractivity contribution < 1.29 is 23.9 Å². The van der Waals surface area contributed by atoms with Crippen molar-refractivity contribution in [2.75, 3.05) is 6.54 Å². The first kappa shape index (κ1) is 30.9. The van der Waals surface area contributed by atoms with Crippen LogP contribution in [0.3, 0.4) is 0 Å². The second kappa shape index (κ2) is 13.3. The number of nitrogens with one attached hydrogen (secondary N) is 2. The molecule has 0 radical (unpaired) electrons. The maximum absolute atomic E-state index is 14.0. The number of hydrogen-bond acceptors (Lipinski definition) is 5. The van der Waals surface area contributed by atoms with Crippen molar-refractivity contribution >= 4 is 23.8 Å². The van der Waals surface area contributed by atoms with Crippen molar-refractivity contribution in [3.8, 4) is 0 Å². The highest BCUT2D eigenvalue weighted by atomic mass is 16.6. The molecule has 1 rings (SSSR count). The first-order chi connectivity index (χ1) is 16.6. The summed E-state index contributed by atoms with van der Waals surface area (Å²) in [4.78, 5) is 53.1. The Labute approximate surface area is 215 Å². The lowest BCUT2D eigenvalue weighted by Gasteiger charge is -2.43.